The highest BCUT2D eigenvalue weighted by atomic mass is 16.6. The summed E-state index contributed by atoms with van der Waals surface area (Å²) in [6.07, 6.45) is 8.57. The molecule has 1 aliphatic carbocycles. The number of amides is 1. The zero-order valence-electron chi connectivity index (χ0n) is 15.2. The number of carbonyl (C=O) groups excluding carboxylic acids is 1. The van der Waals surface area contributed by atoms with Gasteiger partial charge in [-0.1, -0.05) is 32.6 Å². The third kappa shape index (κ3) is 8.02. The SMILES string of the molecule is CCCCC(CNC(=O)OC(C)(C)C)NC(C)C1CCCC1. The molecule has 4 heteroatoms. The summed E-state index contributed by atoms with van der Waals surface area (Å²) in [4.78, 5) is 11.8. The first kappa shape index (κ1) is 19.3. The van der Waals surface area contributed by atoms with Crippen molar-refractivity contribution in [2.75, 3.05) is 6.54 Å². The van der Waals surface area contributed by atoms with E-state index in [1.54, 1.807) is 0 Å². The third-order valence-corrected chi connectivity index (χ3v) is 4.40. The number of carbonyl (C=O) groups is 1. The molecule has 130 valence electrons. The standard InChI is InChI=1S/C18H36N2O2/c1-6-7-12-16(13-19-17(21)22-18(3,4)5)20-14(2)15-10-8-9-11-15/h14-16,20H,6-13H2,1-5H3,(H,19,21). The van der Waals surface area contributed by atoms with Crippen molar-refractivity contribution < 1.29 is 9.53 Å². The van der Waals surface area contributed by atoms with Crippen LogP contribution in [0.1, 0.15) is 79.6 Å². The maximum atomic E-state index is 11.8. The minimum absolute atomic E-state index is 0.315. The number of unbranched alkanes of at least 4 members (excludes halogenated alkanes) is 1. The molecule has 2 N–H and O–H groups in total. The van der Waals surface area contributed by atoms with Crippen LogP contribution >= 0.6 is 0 Å². The highest BCUT2D eigenvalue weighted by Crippen LogP contribution is 2.27. The van der Waals surface area contributed by atoms with Crippen LogP contribution in [0, 0.1) is 5.92 Å². The predicted octanol–water partition coefficient (Wildman–Crippen LogP) is 4.24. The summed E-state index contributed by atoms with van der Waals surface area (Å²) in [6.45, 7) is 10.8. The number of nitrogens with one attached hydrogen (secondary N) is 2. The van der Waals surface area contributed by atoms with Crippen molar-refractivity contribution in [2.45, 2.75) is 97.2 Å². The summed E-state index contributed by atoms with van der Waals surface area (Å²) >= 11 is 0. The maximum absolute atomic E-state index is 11.8. The Balaban J connectivity index is 2.40. The maximum Gasteiger partial charge on any atom is 0.407 e. The molecule has 0 saturated heterocycles. The highest BCUT2D eigenvalue weighted by Gasteiger charge is 2.24. The first-order valence-corrected chi connectivity index (χ1v) is 9.04. The lowest BCUT2D eigenvalue weighted by Gasteiger charge is -2.28. The lowest BCUT2D eigenvalue weighted by atomic mass is 9.98. The van der Waals surface area contributed by atoms with Crippen LogP contribution in [0.2, 0.25) is 0 Å². The smallest absolute Gasteiger partial charge is 0.407 e. The van der Waals surface area contributed by atoms with E-state index in [9.17, 15) is 4.79 Å². The molecule has 0 radical (unpaired) electrons. The van der Waals surface area contributed by atoms with Crippen LogP contribution in [0.5, 0.6) is 0 Å². The zero-order chi connectivity index (χ0) is 16.6. The predicted molar refractivity (Wildman–Crippen MR) is 92.1 cm³/mol. The molecule has 0 heterocycles. The van der Waals surface area contributed by atoms with Crippen LogP contribution in [0.4, 0.5) is 4.79 Å². The molecule has 2 unspecified atom stereocenters. The molecular formula is C18H36N2O2. The monoisotopic (exact) mass is 312 g/mol. The van der Waals surface area contributed by atoms with Crippen LogP contribution in [-0.4, -0.2) is 30.3 Å². The van der Waals surface area contributed by atoms with Crippen molar-refractivity contribution >= 4 is 6.09 Å². The largest absolute Gasteiger partial charge is 0.444 e. The Hall–Kier alpha value is -0.770. The van der Waals surface area contributed by atoms with Crippen molar-refractivity contribution in [3.63, 3.8) is 0 Å². The van der Waals surface area contributed by atoms with E-state index in [2.05, 4.69) is 24.5 Å². The Labute approximate surface area is 136 Å². The molecule has 0 aromatic rings. The molecular weight excluding hydrogens is 276 g/mol. The third-order valence-electron chi connectivity index (χ3n) is 4.40. The van der Waals surface area contributed by atoms with Crippen LogP contribution in [0.3, 0.4) is 0 Å². The summed E-state index contributed by atoms with van der Waals surface area (Å²) < 4.78 is 5.32. The van der Waals surface area contributed by atoms with Crippen molar-refractivity contribution in [3.8, 4) is 0 Å². The van der Waals surface area contributed by atoms with Crippen LogP contribution < -0.4 is 10.6 Å². The van der Waals surface area contributed by atoms with Gasteiger partial charge in [0.25, 0.3) is 0 Å². The van der Waals surface area contributed by atoms with Crippen molar-refractivity contribution in [1.82, 2.24) is 10.6 Å². The second-order valence-electron chi connectivity index (χ2n) is 7.72. The van der Waals surface area contributed by atoms with Gasteiger partial charge in [-0.25, -0.2) is 4.79 Å². The molecule has 1 rings (SSSR count). The van der Waals surface area contributed by atoms with E-state index in [4.69, 9.17) is 4.74 Å². The van der Waals surface area contributed by atoms with Crippen molar-refractivity contribution in [2.24, 2.45) is 5.92 Å². The minimum atomic E-state index is -0.437. The second kappa shape index (κ2) is 9.39. The van der Waals surface area contributed by atoms with Crippen molar-refractivity contribution in [1.29, 1.82) is 0 Å². The fourth-order valence-corrected chi connectivity index (χ4v) is 3.18. The number of alkyl carbamates (subject to hydrolysis) is 1. The average Bonchev–Trinajstić information content (AvgIpc) is 2.93. The molecule has 1 fully saturated rings. The lowest BCUT2D eigenvalue weighted by molar-refractivity contribution is 0.0520. The topological polar surface area (TPSA) is 50.4 Å². The van der Waals surface area contributed by atoms with Gasteiger partial charge >= 0.3 is 6.09 Å². The van der Waals surface area contributed by atoms with Crippen molar-refractivity contribution in [3.05, 3.63) is 0 Å². The van der Waals surface area contributed by atoms with Gasteiger partial charge in [0.2, 0.25) is 0 Å². The molecule has 0 aliphatic heterocycles. The van der Waals surface area contributed by atoms with E-state index in [1.807, 2.05) is 20.8 Å². The fourth-order valence-electron chi connectivity index (χ4n) is 3.18. The van der Waals surface area contributed by atoms with E-state index in [0.29, 0.717) is 18.6 Å². The van der Waals surface area contributed by atoms with Gasteiger partial charge in [-0.15, -0.1) is 0 Å². The van der Waals surface area contributed by atoms with Gasteiger partial charge in [0.15, 0.2) is 0 Å². The normalized spacial score (nSPS) is 19.0. The second-order valence-corrected chi connectivity index (χ2v) is 7.72. The molecule has 1 saturated carbocycles. The quantitative estimate of drug-likeness (QED) is 0.705. The van der Waals surface area contributed by atoms with Gasteiger partial charge in [-0.3, -0.25) is 0 Å². The molecule has 0 aromatic heterocycles. The zero-order valence-corrected chi connectivity index (χ0v) is 15.2. The first-order valence-electron chi connectivity index (χ1n) is 9.04. The van der Waals surface area contributed by atoms with Gasteiger partial charge in [-0.05, 0) is 52.9 Å². The van der Waals surface area contributed by atoms with Gasteiger partial charge in [0.1, 0.15) is 5.60 Å². The number of rotatable bonds is 8. The molecule has 0 bridgehead atoms. The number of hydrogen-bond acceptors (Lipinski definition) is 3. The van der Waals surface area contributed by atoms with E-state index in [0.717, 1.165) is 12.3 Å². The van der Waals surface area contributed by atoms with Gasteiger partial charge in [0.05, 0.1) is 0 Å². The first-order chi connectivity index (χ1) is 10.3. The molecule has 0 aromatic carbocycles. The molecule has 2 atom stereocenters. The van der Waals surface area contributed by atoms with Crippen LogP contribution in [0.25, 0.3) is 0 Å². The van der Waals surface area contributed by atoms with Gasteiger partial charge in [0, 0.05) is 18.6 Å². The summed E-state index contributed by atoms with van der Waals surface area (Å²) in [6, 6.07) is 0.868. The summed E-state index contributed by atoms with van der Waals surface area (Å²) in [5, 5.41) is 6.66. The Bertz CT molecular complexity index is 320. The lowest BCUT2D eigenvalue weighted by Crippen LogP contribution is -2.47. The minimum Gasteiger partial charge on any atom is -0.444 e. The van der Waals surface area contributed by atoms with E-state index < -0.39 is 5.60 Å². The Morgan fingerprint density at radius 2 is 1.91 bits per heavy atom. The van der Waals surface area contributed by atoms with Crippen LogP contribution in [-0.2, 0) is 4.74 Å². The van der Waals surface area contributed by atoms with E-state index in [1.165, 1.54) is 38.5 Å². The Morgan fingerprint density at radius 3 is 2.45 bits per heavy atom. The fraction of sp³-hybridized carbons (Fsp3) is 0.944. The average molecular weight is 312 g/mol. The molecule has 1 amide bonds. The highest BCUT2D eigenvalue weighted by molar-refractivity contribution is 5.67. The molecule has 0 spiro atoms. The van der Waals surface area contributed by atoms with Gasteiger partial charge in [-0.2, -0.15) is 0 Å². The molecule has 22 heavy (non-hydrogen) atoms. The summed E-state index contributed by atoms with van der Waals surface area (Å²) in [5.41, 5.74) is -0.437. The van der Waals surface area contributed by atoms with Gasteiger partial charge < -0.3 is 15.4 Å². The Morgan fingerprint density at radius 1 is 1.27 bits per heavy atom. The van der Waals surface area contributed by atoms with E-state index in [-0.39, 0.29) is 6.09 Å². The van der Waals surface area contributed by atoms with E-state index >= 15 is 0 Å². The summed E-state index contributed by atoms with van der Waals surface area (Å²) in [5.74, 6) is 0.797. The summed E-state index contributed by atoms with van der Waals surface area (Å²) in [7, 11) is 0. The number of ether oxygens (including phenoxy) is 1. The van der Waals surface area contributed by atoms with Crippen LogP contribution in [0.15, 0.2) is 0 Å². The Kier molecular flexibility index (Phi) is 8.23. The number of hydrogen-bond donors (Lipinski definition) is 2. The molecule has 1 aliphatic rings. The molecule has 4 nitrogen and oxygen atoms in total.